The molecule has 9 heteroatoms. The Bertz CT molecular complexity index is 778. The van der Waals surface area contributed by atoms with E-state index in [-0.39, 0.29) is 24.2 Å². The van der Waals surface area contributed by atoms with Crippen LogP contribution in [0.4, 0.5) is 4.79 Å². The van der Waals surface area contributed by atoms with E-state index in [1.165, 1.54) is 0 Å². The average Bonchev–Trinajstić information content (AvgIpc) is 3.14. The molecule has 2 aliphatic heterocycles. The molecule has 0 bridgehead atoms. The Labute approximate surface area is 155 Å². The first-order chi connectivity index (χ1) is 12.4. The lowest BCUT2D eigenvalue weighted by Crippen LogP contribution is -2.41. The highest BCUT2D eigenvalue weighted by atomic mass is 32.2. The lowest BCUT2D eigenvalue weighted by molar-refractivity contribution is -0.129. The van der Waals surface area contributed by atoms with Crippen LogP contribution in [0.3, 0.4) is 0 Å². The number of fused-ring (bicyclic) bond motifs is 1. The van der Waals surface area contributed by atoms with E-state index in [1.54, 1.807) is 24.3 Å². The number of likely N-dealkylation sites (N-methyl/N-ethyl adjacent to an activating group) is 1. The molecule has 26 heavy (non-hydrogen) atoms. The monoisotopic (exact) mass is 377 g/mol. The van der Waals surface area contributed by atoms with Gasteiger partial charge in [0.25, 0.3) is 11.1 Å². The SMILES string of the molecule is CN(C)CCNC(=O)CN1C(=O)S/C(=C\c2ccc3c(c2)OCO3)C1=O. The zero-order valence-electron chi connectivity index (χ0n) is 14.5. The molecule has 0 atom stereocenters. The Hall–Kier alpha value is -2.52. The molecule has 0 aromatic heterocycles. The molecule has 0 radical (unpaired) electrons. The van der Waals surface area contributed by atoms with Crippen LogP contribution >= 0.6 is 11.8 Å². The molecular formula is C17H19N3O5S. The topological polar surface area (TPSA) is 88.2 Å². The number of nitrogens with one attached hydrogen (secondary N) is 1. The highest BCUT2D eigenvalue weighted by molar-refractivity contribution is 8.18. The van der Waals surface area contributed by atoms with Crippen LogP contribution in [0.1, 0.15) is 5.56 Å². The second-order valence-corrected chi connectivity index (χ2v) is 7.03. The van der Waals surface area contributed by atoms with Gasteiger partial charge in [0, 0.05) is 13.1 Å². The molecule has 0 spiro atoms. The van der Waals surface area contributed by atoms with Gasteiger partial charge in [-0.3, -0.25) is 19.3 Å². The molecule has 2 aliphatic rings. The molecule has 138 valence electrons. The van der Waals surface area contributed by atoms with Crippen molar-refractivity contribution in [2.75, 3.05) is 40.5 Å². The van der Waals surface area contributed by atoms with E-state index in [0.717, 1.165) is 22.2 Å². The fourth-order valence-electron chi connectivity index (χ4n) is 2.41. The number of rotatable bonds is 6. The lowest BCUT2D eigenvalue weighted by Gasteiger charge is -2.14. The third-order valence-corrected chi connectivity index (χ3v) is 4.66. The fraction of sp³-hybridized carbons (Fsp3) is 0.353. The van der Waals surface area contributed by atoms with Crippen LogP contribution < -0.4 is 14.8 Å². The summed E-state index contributed by atoms with van der Waals surface area (Å²) < 4.78 is 10.5. The van der Waals surface area contributed by atoms with Gasteiger partial charge in [-0.2, -0.15) is 0 Å². The van der Waals surface area contributed by atoms with Gasteiger partial charge in [0.15, 0.2) is 11.5 Å². The fourth-order valence-corrected chi connectivity index (χ4v) is 3.25. The summed E-state index contributed by atoms with van der Waals surface area (Å²) in [6.45, 7) is 1.02. The van der Waals surface area contributed by atoms with Crippen molar-refractivity contribution in [1.82, 2.24) is 15.1 Å². The summed E-state index contributed by atoms with van der Waals surface area (Å²) in [7, 11) is 3.78. The first kappa shape index (κ1) is 18.3. The highest BCUT2D eigenvalue weighted by Crippen LogP contribution is 2.36. The molecule has 3 rings (SSSR count). The van der Waals surface area contributed by atoms with Crippen LogP contribution in [0, 0.1) is 0 Å². The number of thioether (sulfide) groups is 1. The number of imide groups is 1. The van der Waals surface area contributed by atoms with E-state index in [2.05, 4.69) is 5.32 Å². The molecule has 0 saturated carbocycles. The number of carbonyl (C=O) groups excluding carboxylic acids is 3. The minimum atomic E-state index is -0.472. The quantitative estimate of drug-likeness (QED) is 0.744. The van der Waals surface area contributed by atoms with Crippen LogP contribution in [-0.4, -0.2) is 67.4 Å². The first-order valence-electron chi connectivity index (χ1n) is 8.00. The third-order valence-electron chi connectivity index (χ3n) is 3.75. The number of hydrogen-bond acceptors (Lipinski definition) is 7. The lowest BCUT2D eigenvalue weighted by atomic mass is 10.2. The number of benzene rings is 1. The average molecular weight is 377 g/mol. The summed E-state index contributed by atoms with van der Waals surface area (Å²) in [5.74, 6) is 0.404. The Kier molecular flexibility index (Phi) is 5.48. The zero-order valence-corrected chi connectivity index (χ0v) is 15.3. The predicted molar refractivity (Wildman–Crippen MR) is 96.8 cm³/mol. The molecular weight excluding hydrogens is 358 g/mol. The molecule has 1 aromatic rings. The number of carbonyl (C=O) groups is 3. The smallest absolute Gasteiger partial charge is 0.294 e. The zero-order chi connectivity index (χ0) is 18.7. The molecule has 1 fully saturated rings. The number of nitrogens with zero attached hydrogens (tertiary/aromatic N) is 2. The second-order valence-electron chi connectivity index (χ2n) is 6.03. The van der Waals surface area contributed by atoms with Crippen LogP contribution in [0.5, 0.6) is 11.5 Å². The summed E-state index contributed by atoms with van der Waals surface area (Å²) in [6.07, 6.45) is 1.61. The third kappa shape index (κ3) is 4.17. The molecule has 0 aliphatic carbocycles. The molecule has 8 nitrogen and oxygen atoms in total. The molecule has 1 N–H and O–H groups in total. The highest BCUT2D eigenvalue weighted by Gasteiger charge is 2.36. The molecule has 0 unspecified atom stereocenters. The Morgan fingerprint density at radius 3 is 2.85 bits per heavy atom. The van der Waals surface area contributed by atoms with Crippen molar-refractivity contribution in [2.24, 2.45) is 0 Å². The van der Waals surface area contributed by atoms with Crippen molar-refractivity contribution >= 4 is 34.9 Å². The number of ether oxygens (including phenoxy) is 2. The van der Waals surface area contributed by atoms with Gasteiger partial charge < -0.3 is 19.7 Å². The Balaban J connectivity index is 1.64. The van der Waals surface area contributed by atoms with E-state index < -0.39 is 11.1 Å². The summed E-state index contributed by atoms with van der Waals surface area (Å²) in [6, 6.07) is 5.26. The minimum Gasteiger partial charge on any atom is -0.454 e. The van der Waals surface area contributed by atoms with Crippen molar-refractivity contribution in [2.45, 2.75) is 0 Å². The van der Waals surface area contributed by atoms with Gasteiger partial charge in [-0.25, -0.2) is 0 Å². The molecule has 2 heterocycles. The van der Waals surface area contributed by atoms with Crippen LogP contribution in [0.25, 0.3) is 6.08 Å². The van der Waals surface area contributed by atoms with Gasteiger partial charge in [0.1, 0.15) is 6.54 Å². The van der Waals surface area contributed by atoms with Gasteiger partial charge in [0.05, 0.1) is 4.91 Å². The number of amides is 3. The van der Waals surface area contributed by atoms with E-state index in [9.17, 15) is 14.4 Å². The summed E-state index contributed by atoms with van der Waals surface area (Å²) >= 11 is 0.819. The molecule has 1 aromatic carbocycles. The van der Waals surface area contributed by atoms with Crippen molar-refractivity contribution in [1.29, 1.82) is 0 Å². The van der Waals surface area contributed by atoms with Gasteiger partial charge >= 0.3 is 0 Å². The normalized spacial score (nSPS) is 17.5. The maximum absolute atomic E-state index is 12.4. The van der Waals surface area contributed by atoms with Crippen molar-refractivity contribution in [3.05, 3.63) is 28.7 Å². The predicted octanol–water partition coefficient (Wildman–Crippen LogP) is 1.13. The standard InChI is InChI=1S/C17H19N3O5S/c1-19(2)6-5-18-15(21)9-20-16(22)14(26-17(20)23)8-11-3-4-12-13(7-11)25-10-24-12/h3-4,7-8H,5-6,9-10H2,1-2H3,(H,18,21)/b14-8-. The summed E-state index contributed by atoms with van der Waals surface area (Å²) in [5.41, 5.74) is 0.718. The van der Waals surface area contributed by atoms with Crippen molar-refractivity contribution < 1.29 is 23.9 Å². The Morgan fingerprint density at radius 2 is 2.08 bits per heavy atom. The van der Waals surface area contributed by atoms with Gasteiger partial charge in [0.2, 0.25) is 12.7 Å². The van der Waals surface area contributed by atoms with E-state index >= 15 is 0 Å². The van der Waals surface area contributed by atoms with Gasteiger partial charge in [-0.05, 0) is 49.6 Å². The van der Waals surface area contributed by atoms with E-state index in [1.807, 2.05) is 19.0 Å². The summed E-state index contributed by atoms with van der Waals surface area (Å²) in [5, 5.41) is 2.23. The van der Waals surface area contributed by atoms with E-state index in [0.29, 0.717) is 24.6 Å². The van der Waals surface area contributed by atoms with E-state index in [4.69, 9.17) is 9.47 Å². The van der Waals surface area contributed by atoms with Crippen LogP contribution in [0.15, 0.2) is 23.1 Å². The first-order valence-corrected chi connectivity index (χ1v) is 8.82. The minimum absolute atomic E-state index is 0.165. The number of hydrogen-bond donors (Lipinski definition) is 1. The van der Waals surface area contributed by atoms with Crippen molar-refractivity contribution in [3.8, 4) is 11.5 Å². The van der Waals surface area contributed by atoms with Crippen molar-refractivity contribution in [3.63, 3.8) is 0 Å². The Morgan fingerprint density at radius 1 is 1.31 bits per heavy atom. The largest absolute Gasteiger partial charge is 0.454 e. The maximum Gasteiger partial charge on any atom is 0.294 e. The van der Waals surface area contributed by atoms with Gasteiger partial charge in [-0.15, -0.1) is 0 Å². The maximum atomic E-state index is 12.4. The summed E-state index contributed by atoms with van der Waals surface area (Å²) in [4.78, 5) is 39.6. The van der Waals surface area contributed by atoms with Crippen LogP contribution in [-0.2, 0) is 9.59 Å². The second kappa shape index (κ2) is 7.79. The van der Waals surface area contributed by atoms with Crippen LogP contribution in [0.2, 0.25) is 0 Å². The molecule has 3 amide bonds. The van der Waals surface area contributed by atoms with Gasteiger partial charge in [-0.1, -0.05) is 6.07 Å². The molecule has 1 saturated heterocycles.